The number of benzene rings is 2. The van der Waals surface area contributed by atoms with Crippen molar-refractivity contribution in [1.29, 1.82) is 0 Å². The first kappa shape index (κ1) is 17.5. The molecule has 4 heteroatoms. The second-order valence-corrected chi connectivity index (χ2v) is 8.57. The molecular formula is C22H28BNO2. The van der Waals surface area contributed by atoms with Gasteiger partial charge >= 0.3 is 6.69 Å². The van der Waals surface area contributed by atoms with Crippen molar-refractivity contribution < 1.29 is 14.5 Å². The van der Waals surface area contributed by atoms with Gasteiger partial charge < -0.3 is 14.5 Å². The Hall–Kier alpha value is -1.88. The highest BCUT2D eigenvalue weighted by Gasteiger charge is 2.61. The van der Waals surface area contributed by atoms with Crippen molar-refractivity contribution in [2.45, 2.75) is 51.4 Å². The van der Waals surface area contributed by atoms with Crippen LogP contribution in [0.25, 0.3) is 6.08 Å². The third-order valence-corrected chi connectivity index (χ3v) is 6.23. The first-order valence-corrected chi connectivity index (χ1v) is 9.53. The minimum Gasteiger partial charge on any atom is -0.503 e. The topological polar surface area (TPSA) is 35.1 Å². The second-order valence-electron chi connectivity index (χ2n) is 8.57. The Labute approximate surface area is 156 Å². The fraction of sp³-hybridized carbons (Fsp3) is 0.364. The van der Waals surface area contributed by atoms with Gasteiger partial charge in [-0.25, -0.2) is 0 Å². The second kappa shape index (κ2) is 6.09. The zero-order chi connectivity index (χ0) is 18.4. The molecule has 0 amide bonds. The maximum Gasteiger partial charge on any atom is 0.497 e. The summed E-state index contributed by atoms with van der Waals surface area (Å²) in [6, 6.07) is 21.4. The van der Waals surface area contributed by atoms with Crippen molar-refractivity contribution in [3.63, 3.8) is 0 Å². The van der Waals surface area contributed by atoms with Crippen LogP contribution in [0.3, 0.4) is 0 Å². The highest BCUT2D eigenvalue weighted by atomic mass is 16.7. The molecule has 136 valence electrons. The molecule has 0 bridgehead atoms. The van der Waals surface area contributed by atoms with Gasteiger partial charge in [0.05, 0.1) is 6.04 Å². The molecule has 4 rings (SSSR count). The van der Waals surface area contributed by atoms with E-state index in [9.17, 15) is 0 Å². The number of hydrogen-bond acceptors (Lipinski definition) is 2. The maximum atomic E-state index is 6.67. The fourth-order valence-corrected chi connectivity index (χ4v) is 4.20. The summed E-state index contributed by atoms with van der Waals surface area (Å²) in [6.45, 7) is 6.96. The molecule has 0 saturated carbocycles. The molecule has 1 spiro atoms. The van der Waals surface area contributed by atoms with Crippen molar-refractivity contribution in [3.8, 4) is 0 Å². The Morgan fingerprint density at radius 3 is 2.00 bits per heavy atom. The van der Waals surface area contributed by atoms with E-state index in [-0.39, 0.29) is 11.2 Å². The largest absolute Gasteiger partial charge is 0.503 e. The van der Waals surface area contributed by atoms with Crippen LogP contribution < -0.4 is 5.23 Å². The molecule has 2 N–H and O–H groups in total. The van der Waals surface area contributed by atoms with Gasteiger partial charge in [0.25, 0.3) is 0 Å². The van der Waals surface area contributed by atoms with E-state index in [0.29, 0.717) is 6.04 Å². The molecule has 0 unspecified atom stereocenters. The molecule has 0 aromatic heterocycles. The summed E-state index contributed by atoms with van der Waals surface area (Å²) in [5.41, 5.74) is 3.08. The van der Waals surface area contributed by atoms with Crippen molar-refractivity contribution in [3.05, 3.63) is 77.3 Å². The molecule has 2 heterocycles. The molecular weight excluding hydrogens is 321 g/mol. The first-order valence-electron chi connectivity index (χ1n) is 9.53. The lowest BCUT2D eigenvalue weighted by atomic mass is 9.65. The summed E-state index contributed by atoms with van der Waals surface area (Å²) in [5.74, 6) is 0. The molecule has 26 heavy (non-hydrogen) atoms. The quantitative estimate of drug-likeness (QED) is 0.836. The van der Waals surface area contributed by atoms with E-state index in [1.807, 2.05) is 6.07 Å². The van der Waals surface area contributed by atoms with E-state index < -0.39 is 6.69 Å². The molecule has 0 aliphatic carbocycles. The van der Waals surface area contributed by atoms with Gasteiger partial charge in [-0.15, -0.1) is 0 Å². The standard InChI is InChI=1S/C22H28BNO2/c1-21(2)22(3,4)26-23(25-21)19(15-17-11-7-5-8-12-17)16-20(24-23)18-13-9-6-10-14-18/h5-15,20H,16,24H2,1-4H3/b19-15+/t20-/m0/s1. The van der Waals surface area contributed by atoms with Gasteiger partial charge in [0.1, 0.15) is 0 Å². The van der Waals surface area contributed by atoms with Crippen molar-refractivity contribution in [1.82, 2.24) is 0 Å². The zero-order valence-corrected chi connectivity index (χ0v) is 16.1. The van der Waals surface area contributed by atoms with Crippen molar-refractivity contribution >= 4 is 12.8 Å². The SMILES string of the molecule is CC1(C)O[B-]2([NH2+][C@H](c3ccccc3)C/C2=C\c2ccccc2)OC1(C)C. The molecule has 2 aliphatic heterocycles. The zero-order valence-electron chi connectivity index (χ0n) is 16.1. The first-order chi connectivity index (χ1) is 12.3. The van der Waals surface area contributed by atoms with Crippen LogP contribution in [0, 0.1) is 0 Å². The highest BCUT2D eigenvalue weighted by Crippen LogP contribution is 2.45. The van der Waals surface area contributed by atoms with Gasteiger partial charge in [0.15, 0.2) is 0 Å². The van der Waals surface area contributed by atoms with Crippen LogP contribution in [0.5, 0.6) is 0 Å². The Morgan fingerprint density at radius 2 is 1.42 bits per heavy atom. The lowest BCUT2D eigenvalue weighted by Crippen LogP contribution is -2.99. The fourth-order valence-electron chi connectivity index (χ4n) is 4.20. The smallest absolute Gasteiger partial charge is 0.497 e. The van der Waals surface area contributed by atoms with E-state index >= 15 is 0 Å². The lowest BCUT2D eigenvalue weighted by Gasteiger charge is -2.35. The molecule has 0 radical (unpaired) electrons. The monoisotopic (exact) mass is 349 g/mol. The minimum atomic E-state index is -1.57. The molecule has 1 atom stereocenters. The summed E-state index contributed by atoms with van der Waals surface area (Å²) in [6.07, 6.45) is 3.20. The van der Waals surface area contributed by atoms with Gasteiger partial charge in [-0.2, -0.15) is 0 Å². The molecule has 2 aromatic carbocycles. The van der Waals surface area contributed by atoms with Crippen molar-refractivity contribution in [2.75, 3.05) is 0 Å². The van der Waals surface area contributed by atoms with Crippen molar-refractivity contribution in [2.24, 2.45) is 0 Å². The van der Waals surface area contributed by atoms with Gasteiger partial charge in [0.2, 0.25) is 0 Å². The third-order valence-electron chi connectivity index (χ3n) is 6.23. The van der Waals surface area contributed by atoms with E-state index in [1.54, 1.807) is 0 Å². The van der Waals surface area contributed by atoms with Crippen LogP contribution in [0.4, 0.5) is 0 Å². The lowest BCUT2D eigenvalue weighted by molar-refractivity contribution is -0.591. The summed E-state index contributed by atoms with van der Waals surface area (Å²) in [7, 11) is 0. The predicted molar refractivity (Wildman–Crippen MR) is 106 cm³/mol. The number of rotatable bonds is 2. The molecule has 2 aromatic rings. The van der Waals surface area contributed by atoms with E-state index in [4.69, 9.17) is 9.31 Å². The Bertz CT molecular complexity index is 799. The number of quaternary nitrogens is 1. The van der Waals surface area contributed by atoms with Crippen LogP contribution in [0.15, 0.2) is 66.1 Å². The van der Waals surface area contributed by atoms with Crippen LogP contribution >= 0.6 is 0 Å². The molecule has 3 nitrogen and oxygen atoms in total. The van der Waals surface area contributed by atoms with Crippen LogP contribution in [-0.4, -0.2) is 17.9 Å². The Kier molecular flexibility index (Phi) is 4.10. The number of hydrogen-bond donors (Lipinski definition) is 1. The van der Waals surface area contributed by atoms with Crippen LogP contribution in [0.1, 0.15) is 51.3 Å². The molecule has 2 fully saturated rings. The predicted octanol–water partition coefficient (Wildman–Crippen LogP) is 3.86. The summed E-state index contributed by atoms with van der Waals surface area (Å²) in [5, 5.41) is 2.32. The summed E-state index contributed by atoms with van der Waals surface area (Å²) < 4.78 is 13.3. The summed E-state index contributed by atoms with van der Waals surface area (Å²) >= 11 is 0. The van der Waals surface area contributed by atoms with E-state index in [1.165, 1.54) is 16.6 Å². The van der Waals surface area contributed by atoms with Gasteiger partial charge in [-0.05, 0) is 39.7 Å². The Balaban J connectivity index is 1.76. The third kappa shape index (κ3) is 2.92. The normalized spacial score (nSPS) is 27.2. The van der Waals surface area contributed by atoms with Gasteiger partial charge in [-0.3, -0.25) is 0 Å². The average molecular weight is 349 g/mol. The molecule has 2 aliphatic rings. The van der Waals surface area contributed by atoms with E-state index in [0.717, 1.165) is 6.42 Å². The Morgan fingerprint density at radius 1 is 0.885 bits per heavy atom. The van der Waals surface area contributed by atoms with E-state index in [2.05, 4.69) is 93.6 Å². The van der Waals surface area contributed by atoms with Gasteiger partial charge in [-0.1, -0.05) is 72.2 Å². The highest BCUT2D eigenvalue weighted by molar-refractivity contribution is 6.68. The number of nitrogens with two attached hydrogens (primary N) is 1. The van der Waals surface area contributed by atoms with Gasteiger partial charge in [0, 0.05) is 16.8 Å². The maximum absolute atomic E-state index is 6.67. The average Bonchev–Trinajstić information content (AvgIpc) is 3.02. The summed E-state index contributed by atoms with van der Waals surface area (Å²) in [4.78, 5) is 0. The van der Waals surface area contributed by atoms with Crippen LogP contribution in [-0.2, 0) is 9.31 Å². The van der Waals surface area contributed by atoms with Crippen LogP contribution in [0.2, 0.25) is 0 Å². The minimum absolute atomic E-state index is 0.316. The molecule has 2 saturated heterocycles.